The van der Waals surface area contributed by atoms with E-state index in [2.05, 4.69) is 14.7 Å². The van der Waals surface area contributed by atoms with Gasteiger partial charge in [-0.3, -0.25) is 4.72 Å². The molecule has 0 saturated carbocycles. The van der Waals surface area contributed by atoms with Gasteiger partial charge in [-0.1, -0.05) is 36.4 Å². The Kier molecular flexibility index (Phi) is 6.74. The topological polar surface area (TPSA) is 120 Å². The Morgan fingerprint density at radius 1 is 0.921 bits per heavy atom. The lowest BCUT2D eigenvalue weighted by molar-refractivity contribution is 0.415. The smallest absolute Gasteiger partial charge is 0.267 e. The van der Waals surface area contributed by atoms with E-state index in [4.69, 9.17) is 15.5 Å². The van der Waals surface area contributed by atoms with E-state index in [-0.39, 0.29) is 17.4 Å². The summed E-state index contributed by atoms with van der Waals surface area (Å²) in [6, 6.07) is 18.6. The highest BCUT2D eigenvalue weighted by atomic mass is 32.2. The fraction of sp³-hybridized carbons (Fsp3) is 0.0385. The summed E-state index contributed by atoms with van der Waals surface area (Å²) in [5.74, 6) is -2.06. The van der Waals surface area contributed by atoms with Crippen molar-refractivity contribution in [3.8, 4) is 38.1 Å². The van der Waals surface area contributed by atoms with Crippen LogP contribution >= 0.6 is 11.3 Å². The van der Waals surface area contributed by atoms with Gasteiger partial charge in [0, 0.05) is 23.4 Å². The van der Waals surface area contributed by atoms with Crippen LogP contribution in [0.2, 0.25) is 0 Å². The lowest BCUT2D eigenvalue weighted by Crippen LogP contribution is -2.16. The number of benzene rings is 3. The van der Waals surface area contributed by atoms with Gasteiger partial charge in [-0.05, 0) is 30.3 Å². The highest BCUT2D eigenvalue weighted by molar-refractivity contribution is 7.92. The van der Waals surface area contributed by atoms with Crippen molar-refractivity contribution in [3.05, 3.63) is 90.6 Å². The molecule has 2 aromatic heterocycles. The van der Waals surface area contributed by atoms with Crippen LogP contribution in [0.3, 0.4) is 0 Å². The number of rotatable bonds is 7. The molecule has 0 aliphatic heterocycles. The lowest BCUT2D eigenvalue weighted by Gasteiger charge is -2.13. The quantitative estimate of drug-likeness (QED) is 0.270. The van der Waals surface area contributed by atoms with E-state index in [0.29, 0.717) is 26.8 Å². The number of ether oxygens (including phenoxy) is 1. The Morgan fingerprint density at radius 2 is 1.66 bits per heavy atom. The van der Waals surface area contributed by atoms with E-state index in [0.717, 1.165) is 23.8 Å². The number of methoxy groups -OCH3 is 1. The number of anilines is 2. The molecule has 0 amide bonds. The normalized spacial score (nSPS) is 11.3. The maximum Gasteiger partial charge on any atom is 0.267 e. The number of nitrogens with zero attached hydrogens (tertiary/aromatic N) is 3. The van der Waals surface area contributed by atoms with Crippen LogP contribution < -0.4 is 15.2 Å². The molecule has 2 heterocycles. The maximum absolute atomic E-state index is 14.3. The number of nitrogens with two attached hydrogens (primary N) is 1. The van der Waals surface area contributed by atoms with Crippen LogP contribution in [0.5, 0.6) is 5.75 Å². The SMILES string of the molecule is COc1cc(NS(=O)(=O)c2c(F)cccc2F)cc(-c2nc(-c3ccccc3)sc2-c2ccnc(N)n2)c1. The standard InChI is InChI=1S/C26H19F2N5O3S2/c1-36-18-13-16(12-17(14-18)33-38(34,35)24-19(27)8-5-9-20(24)28)22-23(21-10-11-30-26(29)31-21)37-25(32-22)15-6-3-2-4-7-15/h2-14,33H,1H3,(H2,29,30,31). The van der Waals surface area contributed by atoms with E-state index >= 15 is 0 Å². The molecule has 0 atom stereocenters. The average Bonchev–Trinajstić information content (AvgIpc) is 3.34. The van der Waals surface area contributed by atoms with Crippen molar-refractivity contribution < 1.29 is 21.9 Å². The first kappa shape index (κ1) is 25.2. The fourth-order valence-corrected chi connectivity index (χ4v) is 5.99. The summed E-state index contributed by atoms with van der Waals surface area (Å²) in [6.45, 7) is 0. The molecule has 5 rings (SSSR count). The Hall–Kier alpha value is -4.42. The van der Waals surface area contributed by atoms with Crippen LogP contribution in [-0.4, -0.2) is 30.5 Å². The molecule has 3 N–H and O–H groups in total. The molecule has 0 aliphatic carbocycles. The summed E-state index contributed by atoms with van der Waals surface area (Å²) in [5.41, 5.74) is 8.18. The van der Waals surface area contributed by atoms with E-state index < -0.39 is 26.6 Å². The van der Waals surface area contributed by atoms with E-state index in [1.54, 1.807) is 12.1 Å². The summed E-state index contributed by atoms with van der Waals surface area (Å²) in [5, 5.41) is 0.686. The summed E-state index contributed by atoms with van der Waals surface area (Å²) in [4.78, 5) is 12.7. The number of thiazole rings is 1. The zero-order valence-electron chi connectivity index (χ0n) is 19.7. The molecule has 38 heavy (non-hydrogen) atoms. The molecule has 0 radical (unpaired) electrons. The van der Waals surface area contributed by atoms with Crippen molar-refractivity contribution >= 4 is 33.0 Å². The fourth-order valence-electron chi connectivity index (χ4n) is 3.75. The number of aromatic nitrogens is 3. The number of halogens is 2. The predicted octanol–water partition coefficient (Wildman–Crippen LogP) is 5.60. The highest BCUT2D eigenvalue weighted by Gasteiger charge is 2.25. The summed E-state index contributed by atoms with van der Waals surface area (Å²) >= 11 is 1.37. The van der Waals surface area contributed by atoms with Crippen LogP contribution in [0, 0.1) is 11.6 Å². The third kappa shape index (κ3) is 5.04. The van der Waals surface area contributed by atoms with Gasteiger partial charge in [0.1, 0.15) is 22.4 Å². The summed E-state index contributed by atoms with van der Waals surface area (Å²) < 4.78 is 62.0. The van der Waals surface area contributed by atoms with E-state index in [9.17, 15) is 17.2 Å². The third-order valence-electron chi connectivity index (χ3n) is 5.41. The van der Waals surface area contributed by atoms with Gasteiger partial charge in [0.25, 0.3) is 10.0 Å². The van der Waals surface area contributed by atoms with Gasteiger partial charge >= 0.3 is 0 Å². The van der Waals surface area contributed by atoms with Crippen LogP contribution in [-0.2, 0) is 10.0 Å². The Labute approximate surface area is 220 Å². The Bertz CT molecular complexity index is 1730. The molecule has 12 heteroatoms. The van der Waals surface area contributed by atoms with Crippen molar-refractivity contribution in [3.63, 3.8) is 0 Å². The Balaban J connectivity index is 1.65. The van der Waals surface area contributed by atoms with Gasteiger partial charge in [0.05, 0.1) is 29.1 Å². The lowest BCUT2D eigenvalue weighted by atomic mass is 10.1. The first-order valence-electron chi connectivity index (χ1n) is 11.1. The minimum atomic E-state index is -4.61. The third-order valence-corrected chi connectivity index (χ3v) is 7.97. The van der Waals surface area contributed by atoms with Crippen molar-refractivity contribution in [1.29, 1.82) is 0 Å². The van der Waals surface area contributed by atoms with Crippen molar-refractivity contribution in [2.75, 3.05) is 17.6 Å². The van der Waals surface area contributed by atoms with E-state index in [1.165, 1.54) is 36.8 Å². The predicted molar refractivity (Wildman–Crippen MR) is 142 cm³/mol. The number of hydrogen-bond donors (Lipinski definition) is 2. The number of sulfonamides is 1. The van der Waals surface area contributed by atoms with Crippen molar-refractivity contribution in [2.24, 2.45) is 0 Å². The highest BCUT2D eigenvalue weighted by Crippen LogP contribution is 2.41. The number of nitrogen functional groups attached to an aromatic ring is 1. The first-order valence-corrected chi connectivity index (χ1v) is 13.4. The second-order valence-corrected chi connectivity index (χ2v) is 10.6. The van der Waals surface area contributed by atoms with Crippen LogP contribution in [0.1, 0.15) is 0 Å². The van der Waals surface area contributed by atoms with E-state index in [1.807, 2.05) is 30.3 Å². The minimum absolute atomic E-state index is 0.0180. The zero-order valence-corrected chi connectivity index (χ0v) is 21.4. The van der Waals surface area contributed by atoms with Gasteiger partial charge < -0.3 is 10.5 Å². The molecular weight excluding hydrogens is 532 g/mol. The molecule has 3 aromatic carbocycles. The minimum Gasteiger partial charge on any atom is -0.497 e. The van der Waals surface area contributed by atoms with Crippen molar-refractivity contribution in [1.82, 2.24) is 15.0 Å². The monoisotopic (exact) mass is 551 g/mol. The van der Waals surface area contributed by atoms with Gasteiger partial charge in [-0.25, -0.2) is 32.2 Å². The van der Waals surface area contributed by atoms with Crippen LogP contribution in [0.15, 0.2) is 83.9 Å². The molecule has 8 nitrogen and oxygen atoms in total. The maximum atomic E-state index is 14.3. The molecule has 0 fully saturated rings. The second-order valence-electron chi connectivity index (χ2n) is 7.97. The van der Waals surface area contributed by atoms with Crippen molar-refractivity contribution in [2.45, 2.75) is 4.90 Å². The van der Waals surface area contributed by atoms with Gasteiger partial charge in [0.15, 0.2) is 4.90 Å². The molecule has 5 aromatic rings. The molecule has 0 unspecified atom stereocenters. The zero-order chi connectivity index (χ0) is 26.9. The second kappa shape index (κ2) is 10.1. The first-order chi connectivity index (χ1) is 18.2. The molecule has 192 valence electrons. The molecular formula is C26H19F2N5O3S2. The number of nitrogens with one attached hydrogen (secondary N) is 1. The molecule has 0 spiro atoms. The number of hydrogen-bond acceptors (Lipinski definition) is 8. The largest absolute Gasteiger partial charge is 0.497 e. The van der Waals surface area contributed by atoms with Crippen LogP contribution in [0.25, 0.3) is 32.4 Å². The average molecular weight is 552 g/mol. The van der Waals surface area contributed by atoms with Gasteiger partial charge in [0.2, 0.25) is 5.95 Å². The Morgan fingerprint density at radius 3 is 2.34 bits per heavy atom. The van der Waals surface area contributed by atoms with Crippen LogP contribution in [0.4, 0.5) is 20.4 Å². The van der Waals surface area contributed by atoms with Gasteiger partial charge in [-0.15, -0.1) is 11.3 Å². The summed E-state index contributed by atoms with van der Waals surface area (Å²) in [6.07, 6.45) is 1.53. The molecule has 0 saturated heterocycles. The summed E-state index contributed by atoms with van der Waals surface area (Å²) in [7, 11) is -3.20. The molecule has 0 bridgehead atoms. The van der Waals surface area contributed by atoms with Gasteiger partial charge in [-0.2, -0.15) is 0 Å². The molecule has 0 aliphatic rings.